The number of nitrogens with one attached hydrogen (secondary N) is 3. The number of aromatic amines is 1. The number of aromatic nitrogens is 4. The molecular weight excluding hydrogens is 330 g/mol. The number of ether oxygens (including phenoxy) is 1. The van der Waals surface area contributed by atoms with Crippen LogP contribution < -0.4 is 21.1 Å². The molecule has 3 aromatic rings. The SMILES string of the molecule is Cn1nc(N)nc1NCCCOc1cccc(CNCc2ccc[nH]2)c1. The van der Waals surface area contributed by atoms with Crippen molar-refractivity contribution in [2.45, 2.75) is 19.5 Å². The van der Waals surface area contributed by atoms with Crippen LogP contribution in [0.25, 0.3) is 0 Å². The van der Waals surface area contributed by atoms with Crippen molar-refractivity contribution in [2.24, 2.45) is 7.05 Å². The molecule has 138 valence electrons. The van der Waals surface area contributed by atoms with Gasteiger partial charge in [0.15, 0.2) is 0 Å². The highest BCUT2D eigenvalue weighted by Crippen LogP contribution is 2.14. The first kappa shape index (κ1) is 17.8. The molecule has 0 amide bonds. The van der Waals surface area contributed by atoms with Gasteiger partial charge < -0.3 is 26.1 Å². The maximum atomic E-state index is 5.83. The molecule has 0 saturated carbocycles. The summed E-state index contributed by atoms with van der Waals surface area (Å²) in [5, 5.41) is 10.6. The second kappa shape index (κ2) is 8.91. The van der Waals surface area contributed by atoms with E-state index < -0.39 is 0 Å². The number of anilines is 2. The van der Waals surface area contributed by atoms with Gasteiger partial charge in [-0.25, -0.2) is 4.68 Å². The van der Waals surface area contributed by atoms with E-state index in [1.54, 1.807) is 11.7 Å². The molecule has 0 atom stereocenters. The standard InChI is InChI=1S/C18H25N7O/c1-25-18(23-17(19)24-25)22-9-4-10-26-16-7-2-5-14(11-16)12-20-13-15-6-3-8-21-15/h2-3,5-8,11,20-21H,4,9-10,12-13H2,1H3,(H3,19,22,23,24). The van der Waals surface area contributed by atoms with Crippen LogP contribution in [0.3, 0.4) is 0 Å². The summed E-state index contributed by atoms with van der Waals surface area (Å²) in [6, 6.07) is 12.2. The van der Waals surface area contributed by atoms with E-state index in [0.29, 0.717) is 12.6 Å². The van der Waals surface area contributed by atoms with E-state index in [-0.39, 0.29) is 5.95 Å². The fourth-order valence-corrected chi connectivity index (χ4v) is 2.58. The highest BCUT2D eigenvalue weighted by atomic mass is 16.5. The van der Waals surface area contributed by atoms with Gasteiger partial charge in [-0.05, 0) is 36.2 Å². The smallest absolute Gasteiger partial charge is 0.241 e. The van der Waals surface area contributed by atoms with Gasteiger partial charge in [0.2, 0.25) is 11.9 Å². The lowest BCUT2D eigenvalue weighted by Crippen LogP contribution is -2.13. The van der Waals surface area contributed by atoms with Gasteiger partial charge in [-0.2, -0.15) is 4.98 Å². The van der Waals surface area contributed by atoms with Crippen molar-refractivity contribution < 1.29 is 4.74 Å². The second-order valence-corrected chi connectivity index (χ2v) is 5.99. The number of nitrogens with two attached hydrogens (primary N) is 1. The van der Waals surface area contributed by atoms with E-state index >= 15 is 0 Å². The zero-order chi connectivity index (χ0) is 18.2. The maximum Gasteiger partial charge on any atom is 0.241 e. The molecule has 0 bridgehead atoms. The molecule has 0 aliphatic rings. The summed E-state index contributed by atoms with van der Waals surface area (Å²) in [4.78, 5) is 7.27. The Morgan fingerprint density at radius 3 is 2.92 bits per heavy atom. The predicted molar refractivity (Wildman–Crippen MR) is 102 cm³/mol. The van der Waals surface area contributed by atoms with Crippen molar-refractivity contribution in [1.29, 1.82) is 0 Å². The molecule has 3 rings (SSSR count). The van der Waals surface area contributed by atoms with Crippen LogP contribution in [-0.2, 0) is 20.1 Å². The molecule has 0 radical (unpaired) electrons. The van der Waals surface area contributed by atoms with Crippen molar-refractivity contribution >= 4 is 11.9 Å². The van der Waals surface area contributed by atoms with Gasteiger partial charge in [0.05, 0.1) is 6.61 Å². The third-order valence-corrected chi connectivity index (χ3v) is 3.86. The molecule has 2 heterocycles. The van der Waals surface area contributed by atoms with Gasteiger partial charge in [-0.15, -0.1) is 5.10 Å². The Kier molecular flexibility index (Phi) is 6.10. The Bertz CT molecular complexity index is 798. The zero-order valence-corrected chi connectivity index (χ0v) is 14.9. The number of nitrogens with zero attached hydrogens (tertiary/aromatic N) is 3. The van der Waals surface area contributed by atoms with E-state index in [0.717, 1.165) is 31.8 Å². The third-order valence-electron chi connectivity index (χ3n) is 3.86. The Hall–Kier alpha value is -3.00. The summed E-state index contributed by atoms with van der Waals surface area (Å²) in [6.07, 6.45) is 2.78. The summed E-state index contributed by atoms with van der Waals surface area (Å²) in [6.45, 7) is 2.98. The first-order chi connectivity index (χ1) is 12.7. The van der Waals surface area contributed by atoms with E-state index in [9.17, 15) is 0 Å². The van der Waals surface area contributed by atoms with Crippen LogP contribution >= 0.6 is 0 Å². The highest BCUT2D eigenvalue weighted by molar-refractivity contribution is 5.31. The summed E-state index contributed by atoms with van der Waals surface area (Å²) in [5.74, 6) is 1.82. The molecule has 5 N–H and O–H groups in total. The zero-order valence-electron chi connectivity index (χ0n) is 14.9. The molecule has 0 fully saturated rings. The first-order valence-electron chi connectivity index (χ1n) is 8.66. The molecule has 26 heavy (non-hydrogen) atoms. The van der Waals surface area contributed by atoms with Gasteiger partial charge in [0, 0.05) is 38.6 Å². The normalized spacial score (nSPS) is 10.8. The number of hydrogen-bond acceptors (Lipinski definition) is 6. The van der Waals surface area contributed by atoms with Gasteiger partial charge in [-0.3, -0.25) is 0 Å². The predicted octanol–water partition coefficient (Wildman–Crippen LogP) is 1.90. The quantitative estimate of drug-likeness (QED) is 0.414. The van der Waals surface area contributed by atoms with Crippen LogP contribution in [0.15, 0.2) is 42.6 Å². The van der Waals surface area contributed by atoms with Crippen LogP contribution in [0.1, 0.15) is 17.7 Å². The van der Waals surface area contributed by atoms with Gasteiger partial charge in [0.1, 0.15) is 5.75 Å². The Morgan fingerprint density at radius 2 is 2.15 bits per heavy atom. The van der Waals surface area contributed by atoms with Gasteiger partial charge in [0.25, 0.3) is 0 Å². The number of aryl methyl sites for hydroxylation is 1. The molecule has 0 unspecified atom stereocenters. The maximum absolute atomic E-state index is 5.83. The highest BCUT2D eigenvalue weighted by Gasteiger charge is 2.03. The molecular formula is C18H25N7O. The largest absolute Gasteiger partial charge is 0.494 e. The van der Waals surface area contributed by atoms with Gasteiger partial charge in [-0.1, -0.05) is 12.1 Å². The van der Waals surface area contributed by atoms with Crippen molar-refractivity contribution in [3.8, 4) is 5.75 Å². The Labute approximate surface area is 152 Å². The van der Waals surface area contributed by atoms with E-state index in [1.165, 1.54) is 11.3 Å². The van der Waals surface area contributed by atoms with E-state index in [2.05, 4.69) is 43.9 Å². The summed E-state index contributed by atoms with van der Waals surface area (Å²) >= 11 is 0. The van der Waals surface area contributed by atoms with Crippen LogP contribution in [0, 0.1) is 0 Å². The first-order valence-corrected chi connectivity index (χ1v) is 8.66. The van der Waals surface area contributed by atoms with Crippen molar-refractivity contribution in [2.75, 3.05) is 24.2 Å². The average Bonchev–Trinajstić information content (AvgIpc) is 3.25. The van der Waals surface area contributed by atoms with Crippen LogP contribution in [-0.4, -0.2) is 32.9 Å². The van der Waals surface area contributed by atoms with Crippen LogP contribution in [0.4, 0.5) is 11.9 Å². The minimum atomic E-state index is 0.271. The van der Waals surface area contributed by atoms with Crippen molar-refractivity contribution in [1.82, 2.24) is 25.1 Å². The molecule has 0 aliphatic carbocycles. The minimum Gasteiger partial charge on any atom is -0.494 e. The lowest BCUT2D eigenvalue weighted by Gasteiger charge is -2.09. The number of rotatable bonds is 10. The summed E-state index contributed by atoms with van der Waals surface area (Å²) in [5.41, 5.74) is 7.92. The number of hydrogen-bond donors (Lipinski definition) is 4. The monoisotopic (exact) mass is 355 g/mol. The lowest BCUT2D eigenvalue weighted by molar-refractivity contribution is 0.314. The molecule has 2 aromatic heterocycles. The summed E-state index contributed by atoms with van der Waals surface area (Å²) in [7, 11) is 1.80. The van der Waals surface area contributed by atoms with E-state index in [4.69, 9.17) is 10.5 Å². The van der Waals surface area contributed by atoms with Crippen LogP contribution in [0.5, 0.6) is 5.75 Å². The molecule has 0 aliphatic heterocycles. The van der Waals surface area contributed by atoms with Crippen molar-refractivity contribution in [3.63, 3.8) is 0 Å². The fraction of sp³-hybridized carbons (Fsp3) is 0.333. The van der Waals surface area contributed by atoms with Crippen LogP contribution in [0.2, 0.25) is 0 Å². The molecule has 1 aromatic carbocycles. The second-order valence-electron chi connectivity index (χ2n) is 5.99. The third kappa shape index (κ3) is 5.25. The Balaban J connectivity index is 1.36. The number of nitrogen functional groups attached to an aromatic ring is 1. The molecule has 0 spiro atoms. The Morgan fingerprint density at radius 1 is 1.23 bits per heavy atom. The molecule has 8 nitrogen and oxygen atoms in total. The molecule has 0 saturated heterocycles. The topological polar surface area (TPSA) is 106 Å². The van der Waals surface area contributed by atoms with Gasteiger partial charge >= 0.3 is 0 Å². The lowest BCUT2D eigenvalue weighted by atomic mass is 10.2. The number of benzene rings is 1. The van der Waals surface area contributed by atoms with Crippen molar-refractivity contribution in [3.05, 3.63) is 53.9 Å². The van der Waals surface area contributed by atoms with E-state index in [1.807, 2.05) is 24.4 Å². The fourth-order valence-electron chi connectivity index (χ4n) is 2.58. The average molecular weight is 355 g/mol. The number of H-pyrrole nitrogens is 1. The molecule has 8 heteroatoms. The summed E-state index contributed by atoms with van der Waals surface area (Å²) < 4.78 is 7.46. The minimum absolute atomic E-state index is 0.271.